The van der Waals surface area contributed by atoms with Gasteiger partial charge in [0.2, 0.25) is 5.91 Å². The number of hydrogen-bond donors (Lipinski definition) is 2. The van der Waals surface area contributed by atoms with Crippen molar-refractivity contribution in [3.05, 3.63) is 29.8 Å². The Morgan fingerprint density at radius 2 is 2.00 bits per heavy atom. The first-order valence-electron chi connectivity index (χ1n) is 8.27. The highest BCUT2D eigenvalue weighted by atomic mass is 19.3. The van der Waals surface area contributed by atoms with Crippen LogP contribution in [0.1, 0.15) is 31.2 Å². The lowest BCUT2D eigenvalue weighted by Gasteiger charge is -2.30. The maximum Gasteiger partial charge on any atom is 0.262 e. The Morgan fingerprint density at radius 1 is 1.26 bits per heavy atom. The topological polar surface area (TPSA) is 44.4 Å². The summed E-state index contributed by atoms with van der Waals surface area (Å²) < 4.78 is 26.4. The number of rotatable bonds is 4. The fourth-order valence-electron chi connectivity index (χ4n) is 3.31. The third-order valence-electron chi connectivity index (χ3n) is 4.57. The first-order valence-corrected chi connectivity index (χ1v) is 8.27. The van der Waals surface area contributed by atoms with Crippen LogP contribution in [-0.2, 0) is 11.3 Å². The lowest BCUT2D eigenvalue weighted by Crippen LogP contribution is -2.40. The van der Waals surface area contributed by atoms with Gasteiger partial charge in [-0.15, -0.1) is 0 Å². The number of halogens is 2. The molecule has 1 aromatic rings. The number of nitrogens with one attached hydrogen (secondary N) is 2. The summed E-state index contributed by atoms with van der Waals surface area (Å²) in [7, 11) is 0. The van der Waals surface area contributed by atoms with Crippen LogP contribution in [0.2, 0.25) is 0 Å². The molecule has 1 unspecified atom stereocenters. The van der Waals surface area contributed by atoms with E-state index < -0.39 is 24.9 Å². The van der Waals surface area contributed by atoms with Crippen molar-refractivity contribution in [1.82, 2.24) is 10.6 Å². The highest BCUT2D eigenvalue weighted by molar-refractivity contribution is 5.82. The summed E-state index contributed by atoms with van der Waals surface area (Å²) in [5.41, 5.74) is 2.17. The maximum atomic E-state index is 13.2. The van der Waals surface area contributed by atoms with Crippen molar-refractivity contribution in [3.63, 3.8) is 0 Å². The average molecular weight is 323 g/mol. The Kier molecular flexibility index (Phi) is 4.80. The fourth-order valence-corrected chi connectivity index (χ4v) is 3.31. The monoisotopic (exact) mass is 323 g/mol. The van der Waals surface area contributed by atoms with E-state index in [1.54, 1.807) is 0 Å². The molecule has 2 heterocycles. The quantitative estimate of drug-likeness (QED) is 0.893. The first-order chi connectivity index (χ1) is 11.1. The molecule has 23 heavy (non-hydrogen) atoms. The van der Waals surface area contributed by atoms with Gasteiger partial charge in [-0.2, -0.15) is 0 Å². The van der Waals surface area contributed by atoms with Gasteiger partial charge in [-0.25, -0.2) is 8.78 Å². The van der Waals surface area contributed by atoms with Crippen molar-refractivity contribution in [1.29, 1.82) is 0 Å². The van der Waals surface area contributed by atoms with Crippen molar-refractivity contribution in [2.45, 2.75) is 44.2 Å². The molecule has 2 N–H and O–H groups in total. The highest BCUT2D eigenvalue weighted by Gasteiger charge is 2.42. The number of nitrogens with zero attached hydrogens (tertiary/aromatic N) is 1. The zero-order chi connectivity index (χ0) is 16.3. The van der Waals surface area contributed by atoms with E-state index in [-0.39, 0.29) is 5.91 Å². The van der Waals surface area contributed by atoms with Crippen LogP contribution in [-0.4, -0.2) is 37.5 Å². The van der Waals surface area contributed by atoms with E-state index in [4.69, 9.17) is 0 Å². The molecule has 0 spiro atoms. The number of amides is 1. The predicted octanol–water partition coefficient (Wildman–Crippen LogP) is 2.29. The molecular weight excluding hydrogens is 300 g/mol. The molecule has 126 valence electrons. The molecule has 2 aliphatic rings. The molecule has 0 radical (unpaired) electrons. The molecule has 1 aromatic carbocycles. The van der Waals surface area contributed by atoms with E-state index in [0.717, 1.165) is 24.3 Å². The van der Waals surface area contributed by atoms with Crippen molar-refractivity contribution < 1.29 is 13.6 Å². The molecule has 0 bridgehead atoms. The third kappa shape index (κ3) is 3.99. The predicted molar refractivity (Wildman–Crippen MR) is 85.7 cm³/mol. The fraction of sp³-hybridized carbons (Fsp3) is 0.588. The van der Waals surface area contributed by atoms with Crippen LogP contribution in [0.25, 0.3) is 0 Å². The number of benzene rings is 1. The summed E-state index contributed by atoms with van der Waals surface area (Å²) in [4.78, 5) is 14.4. The van der Waals surface area contributed by atoms with Crippen LogP contribution < -0.4 is 15.5 Å². The van der Waals surface area contributed by atoms with Gasteiger partial charge in [0.1, 0.15) is 0 Å². The zero-order valence-corrected chi connectivity index (χ0v) is 13.2. The molecule has 2 aliphatic heterocycles. The minimum absolute atomic E-state index is 0.351. The number of piperidine rings is 1. The molecule has 2 saturated heterocycles. The minimum Gasteiger partial charge on any atom is -0.371 e. The van der Waals surface area contributed by atoms with Crippen LogP contribution in [0.4, 0.5) is 14.5 Å². The molecule has 3 rings (SSSR count). The van der Waals surface area contributed by atoms with Gasteiger partial charge in [0, 0.05) is 31.7 Å². The molecular formula is C17H23F2N3O. The number of para-hydroxylation sites is 1. The van der Waals surface area contributed by atoms with Gasteiger partial charge in [-0.3, -0.25) is 10.1 Å². The van der Waals surface area contributed by atoms with Crippen molar-refractivity contribution in [3.8, 4) is 0 Å². The Bertz CT molecular complexity index is 559. The third-order valence-corrected chi connectivity index (χ3v) is 4.57. The van der Waals surface area contributed by atoms with Gasteiger partial charge in [-0.1, -0.05) is 18.2 Å². The van der Waals surface area contributed by atoms with Gasteiger partial charge in [0.15, 0.2) is 0 Å². The Balaban J connectivity index is 1.61. The van der Waals surface area contributed by atoms with E-state index in [9.17, 15) is 13.6 Å². The second-order valence-corrected chi connectivity index (χ2v) is 6.39. The van der Waals surface area contributed by atoms with E-state index in [0.29, 0.717) is 6.54 Å². The first kappa shape index (κ1) is 16.2. The van der Waals surface area contributed by atoms with Crippen LogP contribution >= 0.6 is 0 Å². The second-order valence-electron chi connectivity index (χ2n) is 6.39. The lowest BCUT2D eigenvalue weighted by molar-refractivity contribution is -0.123. The van der Waals surface area contributed by atoms with Gasteiger partial charge in [0.25, 0.3) is 5.92 Å². The summed E-state index contributed by atoms with van der Waals surface area (Å²) in [6.07, 6.45) is 3.20. The van der Waals surface area contributed by atoms with E-state index in [1.165, 1.54) is 19.3 Å². The summed E-state index contributed by atoms with van der Waals surface area (Å²) in [5.74, 6) is -3.14. The molecule has 6 heteroatoms. The molecule has 4 nitrogen and oxygen atoms in total. The van der Waals surface area contributed by atoms with Crippen LogP contribution in [0.5, 0.6) is 0 Å². The molecule has 1 atom stereocenters. The summed E-state index contributed by atoms with van der Waals surface area (Å²) >= 11 is 0. The summed E-state index contributed by atoms with van der Waals surface area (Å²) in [6.45, 7) is 2.01. The number of alkyl halides is 2. The highest BCUT2D eigenvalue weighted by Crippen LogP contribution is 2.26. The summed E-state index contributed by atoms with van der Waals surface area (Å²) in [5, 5.41) is 5.39. The Hall–Kier alpha value is -1.69. The average Bonchev–Trinajstić information content (AvgIpc) is 2.94. The van der Waals surface area contributed by atoms with Gasteiger partial charge >= 0.3 is 0 Å². The van der Waals surface area contributed by atoms with E-state index in [1.807, 2.05) is 18.2 Å². The maximum absolute atomic E-state index is 13.2. The zero-order valence-electron chi connectivity index (χ0n) is 13.2. The van der Waals surface area contributed by atoms with Crippen LogP contribution in [0.3, 0.4) is 0 Å². The number of carbonyl (C=O) groups excluding carboxylic acids is 1. The Morgan fingerprint density at radius 3 is 2.70 bits per heavy atom. The SMILES string of the molecule is O=C(NCc1ccccc1N1CCCCC1)C1CC(F)(F)CN1. The van der Waals surface area contributed by atoms with Crippen molar-refractivity contribution in [2.24, 2.45) is 0 Å². The molecule has 0 aromatic heterocycles. The smallest absolute Gasteiger partial charge is 0.262 e. The van der Waals surface area contributed by atoms with Gasteiger partial charge in [-0.05, 0) is 30.9 Å². The Labute approximate surface area is 135 Å². The van der Waals surface area contributed by atoms with Crippen molar-refractivity contribution >= 4 is 11.6 Å². The normalized spacial score (nSPS) is 23.7. The number of hydrogen-bond acceptors (Lipinski definition) is 3. The largest absolute Gasteiger partial charge is 0.371 e. The molecule has 0 saturated carbocycles. The van der Waals surface area contributed by atoms with Gasteiger partial charge < -0.3 is 10.2 Å². The number of anilines is 1. The standard InChI is InChI=1S/C17H23F2N3O/c18-17(19)10-14(21-12-17)16(23)20-11-13-6-2-3-7-15(13)22-8-4-1-5-9-22/h2-3,6-7,14,21H,1,4-5,8-12H2,(H,20,23). The van der Waals surface area contributed by atoms with E-state index >= 15 is 0 Å². The van der Waals surface area contributed by atoms with Crippen LogP contribution in [0.15, 0.2) is 24.3 Å². The van der Waals surface area contributed by atoms with Crippen molar-refractivity contribution in [2.75, 3.05) is 24.5 Å². The number of carbonyl (C=O) groups is 1. The second kappa shape index (κ2) is 6.83. The minimum atomic E-state index is -2.78. The van der Waals surface area contributed by atoms with E-state index in [2.05, 4.69) is 21.6 Å². The van der Waals surface area contributed by atoms with Crippen LogP contribution in [0, 0.1) is 0 Å². The van der Waals surface area contributed by atoms with Gasteiger partial charge in [0.05, 0.1) is 12.6 Å². The lowest BCUT2D eigenvalue weighted by atomic mass is 10.1. The molecule has 2 fully saturated rings. The summed E-state index contributed by atoms with van der Waals surface area (Å²) in [6, 6.07) is 7.19. The molecule has 0 aliphatic carbocycles. The molecule has 1 amide bonds.